The molecule has 70 valence electrons. The van der Waals surface area contributed by atoms with Gasteiger partial charge in [0.25, 0.3) is 0 Å². The Hall–Kier alpha value is -0.0800. The molecule has 0 aromatic heterocycles. The monoisotopic (exact) mass is 170 g/mol. The van der Waals surface area contributed by atoms with Gasteiger partial charge in [-0.05, 0) is 30.6 Å². The molecule has 0 amide bonds. The molecule has 1 N–H and O–H groups in total. The zero-order chi connectivity index (χ0) is 8.72. The minimum atomic E-state index is -0.182. The Balaban J connectivity index is 2.05. The molecule has 0 spiro atoms. The average Bonchev–Trinajstić information content (AvgIpc) is 2.53. The largest absolute Gasteiger partial charge is 0.390 e. The van der Waals surface area contributed by atoms with Crippen molar-refractivity contribution >= 4 is 0 Å². The maximum absolute atomic E-state index is 9.57. The van der Waals surface area contributed by atoms with Gasteiger partial charge >= 0.3 is 0 Å². The van der Waals surface area contributed by atoms with Gasteiger partial charge in [-0.15, -0.1) is 0 Å². The van der Waals surface area contributed by atoms with E-state index in [-0.39, 0.29) is 12.2 Å². The normalized spacial score (nSPS) is 47.0. The molecule has 1 saturated carbocycles. The van der Waals surface area contributed by atoms with Crippen LogP contribution in [0.3, 0.4) is 0 Å². The highest BCUT2D eigenvalue weighted by molar-refractivity contribution is 4.94. The number of aliphatic hydroxyl groups excluding tert-OH is 1. The lowest BCUT2D eigenvalue weighted by Crippen LogP contribution is -2.24. The minimum Gasteiger partial charge on any atom is -0.390 e. The first-order valence-corrected chi connectivity index (χ1v) is 5.00. The van der Waals surface area contributed by atoms with Gasteiger partial charge in [0.1, 0.15) is 0 Å². The van der Waals surface area contributed by atoms with Gasteiger partial charge in [-0.25, -0.2) is 0 Å². The van der Waals surface area contributed by atoms with Crippen molar-refractivity contribution in [1.29, 1.82) is 0 Å². The third-order valence-electron chi connectivity index (χ3n) is 3.48. The van der Waals surface area contributed by atoms with Crippen LogP contribution >= 0.6 is 0 Å². The summed E-state index contributed by atoms with van der Waals surface area (Å²) in [6.07, 6.45) is 2.09. The highest BCUT2D eigenvalue weighted by atomic mass is 16.5. The van der Waals surface area contributed by atoms with Gasteiger partial charge in [-0.1, -0.05) is 13.8 Å². The third kappa shape index (κ3) is 1.17. The smallest absolute Gasteiger partial charge is 0.0865 e. The quantitative estimate of drug-likeness (QED) is 0.645. The third-order valence-corrected chi connectivity index (χ3v) is 3.48. The van der Waals surface area contributed by atoms with Crippen molar-refractivity contribution in [2.24, 2.45) is 17.8 Å². The lowest BCUT2D eigenvalue weighted by Gasteiger charge is -2.19. The molecule has 2 heteroatoms. The van der Waals surface area contributed by atoms with E-state index in [1.165, 1.54) is 0 Å². The van der Waals surface area contributed by atoms with Crippen molar-refractivity contribution in [3.05, 3.63) is 0 Å². The van der Waals surface area contributed by atoms with E-state index in [9.17, 15) is 5.11 Å². The first-order valence-electron chi connectivity index (χ1n) is 5.00. The van der Waals surface area contributed by atoms with E-state index in [0.717, 1.165) is 19.4 Å². The fourth-order valence-electron chi connectivity index (χ4n) is 2.70. The molecule has 0 aromatic rings. The molecule has 2 fully saturated rings. The van der Waals surface area contributed by atoms with Gasteiger partial charge in [0.05, 0.1) is 18.8 Å². The molecule has 12 heavy (non-hydrogen) atoms. The van der Waals surface area contributed by atoms with Crippen LogP contribution in [-0.2, 0) is 4.74 Å². The number of fused-ring (bicyclic) bond motifs is 1. The standard InChI is InChI=1S/C10H18O2/c1-6(2)8-5-12-10-7(8)3-4-9(10)11/h6-11H,3-5H2,1-2H3/t7-,8+,9-,10+/m1/s1. The lowest BCUT2D eigenvalue weighted by molar-refractivity contribution is 0.00594. The van der Waals surface area contributed by atoms with E-state index in [2.05, 4.69) is 13.8 Å². The lowest BCUT2D eigenvalue weighted by atomic mass is 9.84. The second kappa shape index (κ2) is 3.00. The van der Waals surface area contributed by atoms with Crippen LogP contribution in [0, 0.1) is 17.8 Å². The van der Waals surface area contributed by atoms with Crippen LogP contribution in [0.2, 0.25) is 0 Å². The number of rotatable bonds is 1. The van der Waals surface area contributed by atoms with Crippen molar-refractivity contribution < 1.29 is 9.84 Å². The topological polar surface area (TPSA) is 29.5 Å². The summed E-state index contributed by atoms with van der Waals surface area (Å²) >= 11 is 0. The summed E-state index contributed by atoms with van der Waals surface area (Å²) in [7, 11) is 0. The number of hydrogen-bond donors (Lipinski definition) is 1. The maximum atomic E-state index is 9.57. The zero-order valence-electron chi connectivity index (χ0n) is 7.86. The van der Waals surface area contributed by atoms with Crippen molar-refractivity contribution in [1.82, 2.24) is 0 Å². The van der Waals surface area contributed by atoms with E-state index in [1.54, 1.807) is 0 Å². The van der Waals surface area contributed by atoms with E-state index < -0.39 is 0 Å². The van der Waals surface area contributed by atoms with Crippen molar-refractivity contribution in [3.8, 4) is 0 Å². The van der Waals surface area contributed by atoms with E-state index in [4.69, 9.17) is 4.74 Å². The number of ether oxygens (including phenoxy) is 1. The summed E-state index contributed by atoms with van der Waals surface area (Å²) < 4.78 is 5.61. The van der Waals surface area contributed by atoms with E-state index >= 15 is 0 Å². The summed E-state index contributed by atoms with van der Waals surface area (Å²) in [5, 5.41) is 9.57. The Labute approximate surface area is 73.9 Å². The molecule has 1 saturated heterocycles. The number of hydrogen-bond acceptors (Lipinski definition) is 2. The molecule has 2 aliphatic rings. The van der Waals surface area contributed by atoms with Gasteiger partial charge < -0.3 is 9.84 Å². The maximum Gasteiger partial charge on any atom is 0.0865 e. The summed E-state index contributed by atoms with van der Waals surface area (Å²) in [6, 6.07) is 0. The number of aliphatic hydroxyl groups is 1. The van der Waals surface area contributed by atoms with Gasteiger partial charge in [0, 0.05) is 0 Å². The Morgan fingerprint density at radius 2 is 2.08 bits per heavy atom. The van der Waals surface area contributed by atoms with Gasteiger partial charge in [-0.2, -0.15) is 0 Å². The Kier molecular flexibility index (Phi) is 2.13. The molecular formula is C10H18O2. The zero-order valence-corrected chi connectivity index (χ0v) is 7.86. The van der Waals surface area contributed by atoms with Crippen molar-refractivity contribution in [2.75, 3.05) is 6.61 Å². The first kappa shape index (κ1) is 8.52. The summed E-state index contributed by atoms with van der Waals surface area (Å²) in [5.74, 6) is 2.03. The Morgan fingerprint density at radius 3 is 2.75 bits per heavy atom. The first-order chi connectivity index (χ1) is 5.70. The molecule has 0 aromatic carbocycles. The van der Waals surface area contributed by atoms with Crippen molar-refractivity contribution in [2.45, 2.75) is 38.9 Å². The van der Waals surface area contributed by atoms with Gasteiger partial charge in [0.15, 0.2) is 0 Å². The van der Waals surface area contributed by atoms with Crippen LogP contribution in [0.25, 0.3) is 0 Å². The van der Waals surface area contributed by atoms with Crippen LogP contribution in [0.1, 0.15) is 26.7 Å². The predicted octanol–water partition coefficient (Wildman–Crippen LogP) is 1.43. The van der Waals surface area contributed by atoms with Crippen LogP contribution in [0.5, 0.6) is 0 Å². The molecule has 2 rings (SSSR count). The molecule has 0 radical (unpaired) electrons. The Morgan fingerprint density at radius 1 is 1.33 bits per heavy atom. The average molecular weight is 170 g/mol. The van der Waals surface area contributed by atoms with Crippen LogP contribution in [-0.4, -0.2) is 23.9 Å². The highest BCUT2D eigenvalue weighted by Gasteiger charge is 2.46. The van der Waals surface area contributed by atoms with Crippen LogP contribution in [0.15, 0.2) is 0 Å². The van der Waals surface area contributed by atoms with Gasteiger partial charge in [-0.3, -0.25) is 0 Å². The van der Waals surface area contributed by atoms with Crippen molar-refractivity contribution in [3.63, 3.8) is 0 Å². The molecule has 0 unspecified atom stereocenters. The fourth-order valence-corrected chi connectivity index (χ4v) is 2.70. The Bertz CT molecular complexity index is 167. The molecule has 1 aliphatic heterocycles. The summed E-state index contributed by atoms with van der Waals surface area (Å²) in [5.41, 5.74) is 0. The van der Waals surface area contributed by atoms with Gasteiger partial charge in [0.2, 0.25) is 0 Å². The van der Waals surface area contributed by atoms with Crippen LogP contribution in [0.4, 0.5) is 0 Å². The van der Waals surface area contributed by atoms with Crippen LogP contribution < -0.4 is 0 Å². The molecule has 1 aliphatic carbocycles. The minimum absolute atomic E-state index is 0.164. The second-order valence-corrected chi connectivity index (χ2v) is 4.51. The summed E-state index contributed by atoms with van der Waals surface area (Å²) in [4.78, 5) is 0. The SMILES string of the molecule is CC(C)[C@@H]1CO[C@H]2[C@@H]1CC[C@H]2O. The molecular weight excluding hydrogens is 152 g/mol. The highest BCUT2D eigenvalue weighted by Crippen LogP contribution is 2.42. The molecule has 4 atom stereocenters. The molecule has 2 nitrogen and oxygen atoms in total. The summed E-state index contributed by atoms with van der Waals surface area (Å²) in [6.45, 7) is 5.37. The van der Waals surface area contributed by atoms with E-state index in [1.807, 2.05) is 0 Å². The molecule has 0 bridgehead atoms. The second-order valence-electron chi connectivity index (χ2n) is 4.51. The van der Waals surface area contributed by atoms with E-state index in [0.29, 0.717) is 17.8 Å². The fraction of sp³-hybridized carbons (Fsp3) is 1.00. The predicted molar refractivity (Wildman–Crippen MR) is 46.8 cm³/mol. The molecule has 1 heterocycles.